The van der Waals surface area contributed by atoms with E-state index in [9.17, 15) is 9.59 Å². The Kier molecular flexibility index (Phi) is 5.01. The van der Waals surface area contributed by atoms with Gasteiger partial charge in [0, 0.05) is 28.7 Å². The lowest BCUT2D eigenvalue weighted by molar-refractivity contribution is -0.127. The summed E-state index contributed by atoms with van der Waals surface area (Å²) < 4.78 is 13.0. The van der Waals surface area contributed by atoms with Crippen LogP contribution in [0.25, 0.3) is 10.9 Å². The molecule has 0 saturated heterocycles. The molecule has 1 N–H and O–H groups in total. The van der Waals surface area contributed by atoms with E-state index in [1.54, 1.807) is 17.0 Å². The molecular weight excluding hydrogens is 430 g/mol. The number of rotatable bonds is 3. The van der Waals surface area contributed by atoms with E-state index in [0.717, 1.165) is 36.6 Å². The molecule has 34 heavy (non-hydrogen) atoms. The van der Waals surface area contributed by atoms with E-state index >= 15 is 0 Å². The highest BCUT2D eigenvalue weighted by molar-refractivity contribution is 6.14. The zero-order chi connectivity index (χ0) is 23.3. The van der Waals surface area contributed by atoms with Crippen molar-refractivity contribution in [2.75, 3.05) is 11.7 Å². The molecule has 3 aliphatic rings. The fraction of sp³-hybridized carbons (Fsp3) is 0.407. The monoisotopic (exact) mass is 459 g/mol. The second-order valence-corrected chi connectivity index (χ2v) is 9.79. The van der Waals surface area contributed by atoms with Crippen LogP contribution in [-0.2, 0) is 11.3 Å². The highest BCUT2D eigenvalue weighted by atomic mass is 16.7. The van der Waals surface area contributed by atoms with Gasteiger partial charge in [-0.25, -0.2) is 0 Å². The van der Waals surface area contributed by atoms with Crippen LogP contribution >= 0.6 is 0 Å². The Morgan fingerprint density at radius 3 is 2.59 bits per heavy atom. The zero-order valence-corrected chi connectivity index (χ0v) is 19.4. The van der Waals surface area contributed by atoms with Crippen LogP contribution in [-0.4, -0.2) is 34.8 Å². The first-order chi connectivity index (χ1) is 16.5. The molecule has 6 rings (SSSR count). The van der Waals surface area contributed by atoms with Crippen LogP contribution in [0.15, 0.2) is 48.5 Å². The summed E-state index contributed by atoms with van der Waals surface area (Å²) in [7, 11) is 0. The Morgan fingerprint density at radius 1 is 1.00 bits per heavy atom. The van der Waals surface area contributed by atoms with Crippen molar-refractivity contribution in [2.45, 2.75) is 63.6 Å². The second-order valence-electron chi connectivity index (χ2n) is 9.79. The van der Waals surface area contributed by atoms with Gasteiger partial charge in [-0.3, -0.25) is 14.5 Å². The number of hydrogen-bond donors (Lipinski definition) is 1. The van der Waals surface area contributed by atoms with Crippen molar-refractivity contribution in [2.24, 2.45) is 0 Å². The van der Waals surface area contributed by atoms with Crippen molar-refractivity contribution in [1.82, 2.24) is 9.88 Å². The summed E-state index contributed by atoms with van der Waals surface area (Å²) in [5.74, 6) is 0.920. The molecule has 1 fully saturated rings. The fourth-order valence-electron chi connectivity index (χ4n) is 5.64. The third kappa shape index (κ3) is 3.33. The molecule has 0 unspecified atom stereocenters. The Balaban J connectivity index is 1.44. The van der Waals surface area contributed by atoms with Crippen LogP contribution in [0.4, 0.5) is 5.69 Å². The quantitative estimate of drug-likeness (QED) is 0.580. The number of benzene rings is 2. The first-order valence-corrected chi connectivity index (χ1v) is 12.2. The molecule has 1 atom stereocenters. The lowest BCUT2D eigenvalue weighted by Gasteiger charge is -2.44. The van der Waals surface area contributed by atoms with Gasteiger partial charge in [0.2, 0.25) is 12.7 Å². The van der Waals surface area contributed by atoms with Crippen LogP contribution in [0.5, 0.6) is 11.5 Å². The third-order valence-corrected chi connectivity index (χ3v) is 7.49. The Bertz CT molecular complexity index is 1270. The summed E-state index contributed by atoms with van der Waals surface area (Å²) in [4.78, 5) is 29.6. The molecule has 176 valence electrons. The van der Waals surface area contributed by atoms with Crippen molar-refractivity contribution < 1.29 is 19.1 Å². The van der Waals surface area contributed by atoms with Crippen molar-refractivity contribution in [3.05, 3.63) is 54.2 Å². The summed E-state index contributed by atoms with van der Waals surface area (Å²) in [6.07, 6.45) is 6.64. The van der Waals surface area contributed by atoms with Gasteiger partial charge >= 0.3 is 0 Å². The summed E-state index contributed by atoms with van der Waals surface area (Å²) in [5, 5.41) is 4.30. The molecule has 2 aromatic carbocycles. The van der Waals surface area contributed by atoms with Gasteiger partial charge in [-0.1, -0.05) is 43.9 Å². The molecular formula is C27H29N3O4. The number of fused-ring (bicyclic) bond motifs is 4. The minimum Gasteiger partial charge on any atom is -0.454 e. The van der Waals surface area contributed by atoms with E-state index < -0.39 is 5.54 Å². The molecule has 2 amide bonds. The average Bonchev–Trinajstić information content (AvgIpc) is 3.36. The van der Waals surface area contributed by atoms with E-state index in [1.807, 2.05) is 47.9 Å². The number of carbonyl (C=O) groups is 2. The number of nitrogens with one attached hydrogen (secondary N) is 1. The number of aromatic nitrogens is 1. The van der Waals surface area contributed by atoms with Crippen LogP contribution in [0.3, 0.4) is 0 Å². The molecule has 0 spiro atoms. The normalized spacial score (nSPS) is 22.5. The first kappa shape index (κ1) is 21.1. The van der Waals surface area contributed by atoms with Crippen molar-refractivity contribution >= 4 is 28.4 Å². The van der Waals surface area contributed by atoms with Crippen molar-refractivity contribution in [3.8, 4) is 11.5 Å². The molecule has 2 aliphatic heterocycles. The lowest BCUT2D eigenvalue weighted by atomic mass is 9.92. The smallest absolute Gasteiger partial charge is 0.275 e. The summed E-state index contributed by atoms with van der Waals surface area (Å²) >= 11 is 0. The topological polar surface area (TPSA) is 72.8 Å². The van der Waals surface area contributed by atoms with Crippen LogP contribution in [0.2, 0.25) is 0 Å². The highest BCUT2D eigenvalue weighted by Crippen LogP contribution is 2.41. The Hall–Kier alpha value is -3.48. The van der Waals surface area contributed by atoms with E-state index in [0.29, 0.717) is 29.4 Å². The SMILES string of the molecule is C[C@]1(C(=O)NC2CCCCCC2)Cn2c(cc3ccccc32)C(=O)N1c1ccc2c(c1)OCO2. The van der Waals surface area contributed by atoms with Crippen molar-refractivity contribution in [3.63, 3.8) is 0 Å². The van der Waals surface area contributed by atoms with Gasteiger partial charge in [0.25, 0.3) is 5.91 Å². The van der Waals surface area contributed by atoms with E-state index in [1.165, 1.54) is 12.8 Å². The van der Waals surface area contributed by atoms with Crippen molar-refractivity contribution in [1.29, 1.82) is 0 Å². The van der Waals surface area contributed by atoms with Gasteiger partial charge in [0.15, 0.2) is 11.5 Å². The minimum atomic E-state index is -1.11. The fourth-order valence-corrected chi connectivity index (χ4v) is 5.64. The van der Waals surface area contributed by atoms with E-state index in [-0.39, 0.29) is 24.6 Å². The van der Waals surface area contributed by atoms with Gasteiger partial charge in [-0.2, -0.15) is 0 Å². The number of anilines is 1. The first-order valence-electron chi connectivity index (χ1n) is 12.2. The summed E-state index contributed by atoms with van der Waals surface area (Å²) in [6.45, 7) is 2.40. The van der Waals surface area contributed by atoms with E-state index in [2.05, 4.69) is 5.32 Å². The lowest BCUT2D eigenvalue weighted by Crippen LogP contribution is -2.65. The van der Waals surface area contributed by atoms with Crippen LogP contribution in [0.1, 0.15) is 55.9 Å². The molecule has 7 nitrogen and oxygen atoms in total. The number of hydrogen-bond acceptors (Lipinski definition) is 4. The van der Waals surface area contributed by atoms with Gasteiger partial charge < -0.3 is 19.4 Å². The molecule has 1 aliphatic carbocycles. The predicted octanol–water partition coefficient (Wildman–Crippen LogP) is 4.63. The number of carbonyl (C=O) groups excluding carboxylic acids is 2. The van der Waals surface area contributed by atoms with Crippen LogP contribution in [0, 0.1) is 0 Å². The number of para-hydroxylation sites is 1. The Morgan fingerprint density at radius 2 is 1.76 bits per heavy atom. The Labute approximate surface area is 198 Å². The molecule has 3 aromatic rings. The predicted molar refractivity (Wildman–Crippen MR) is 129 cm³/mol. The maximum absolute atomic E-state index is 14.0. The second kappa shape index (κ2) is 8.08. The molecule has 1 saturated carbocycles. The average molecular weight is 460 g/mol. The summed E-state index contributed by atoms with van der Waals surface area (Å²) in [5.41, 5.74) is 1.07. The third-order valence-electron chi connectivity index (χ3n) is 7.49. The maximum atomic E-state index is 14.0. The van der Waals surface area contributed by atoms with Gasteiger partial charge in [0.1, 0.15) is 11.2 Å². The standard InChI is InChI=1S/C27H29N3O4/c1-27(26(32)28-19-9-4-2-3-5-10-19)16-29-21-11-7-6-8-18(21)14-22(29)25(31)30(27)20-12-13-23-24(15-20)34-17-33-23/h6-8,11-15,19H,2-5,9-10,16-17H2,1H3,(H,28,32)/t27-/m1/s1. The van der Waals surface area contributed by atoms with Crippen LogP contribution < -0.4 is 19.7 Å². The van der Waals surface area contributed by atoms with Gasteiger partial charge in [-0.15, -0.1) is 0 Å². The number of ether oxygens (including phenoxy) is 2. The highest BCUT2D eigenvalue weighted by Gasteiger charge is 2.49. The largest absolute Gasteiger partial charge is 0.454 e. The van der Waals surface area contributed by atoms with Gasteiger partial charge in [0.05, 0.1) is 6.54 Å². The molecule has 3 heterocycles. The summed E-state index contributed by atoms with van der Waals surface area (Å²) in [6, 6.07) is 15.4. The molecule has 1 aromatic heterocycles. The molecule has 0 bridgehead atoms. The maximum Gasteiger partial charge on any atom is 0.275 e. The number of amides is 2. The van der Waals surface area contributed by atoms with Gasteiger partial charge in [-0.05, 0) is 44.0 Å². The number of nitrogens with zero attached hydrogens (tertiary/aromatic N) is 2. The minimum absolute atomic E-state index is 0.117. The molecule has 0 radical (unpaired) electrons. The van der Waals surface area contributed by atoms with E-state index in [4.69, 9.17) is 9.47 Å². The molecule has 7 heteroatoms. The zero-order valence-electron chi connectivity index (χ0n) is 19.4.